The first-order valence-electron chi connectivity index (χ1n) is 15.0. The van der Waals surface area contributed by atoms with Crippen LogP contribution in [-0.4, -0.2) is 62.7 Å². The molecule has 2 N–H and O–H groups in total. The topological polar surface area (TPSA) is 84.4 Å². The molecule has 0 spiro atoms. The van der Waals surface area contributed by atoms with Crippen LogP contribution in [0.5, 0.6) is 5.75 Å². The molecule has 1 fully saturated rings. The van der Waals surface area contributed by atoms with E-state index in [1.54, 1.807) is 12.1 Å². The van der Waals surface area contributed by atoms with Gasteiger partial charge in [0.1, 0.15) is 11.9 Å². The summed E-state index contributed by atoms with van der Waals surface area (Å²) < 4.78 is 5.81. The fraction of sp³-hybridized carbons (Fsp3) is 0.371. The number of piperidine rings is 1. The van der Waals surface area contributed by atoms with Gasteiger partial charge in [-0.05, 0) is 126 Å². The minimum Gasteiger partial charge on any atom is -0.490 e. The summed E-state index contributed by atoms with van der Waals surface area (Å²) in [5.74, 6) is 1.05. The van der Waals surface area contributed by atoms with Crippen molar-refractivity contribution in [2.75, 3.05) is 45.7 Å². The van der Waals surface area contributed by atoms with Crippen LogP contribution < -0.4 is 15.0 Å². The lowest BCUT2D eigenvalue weighted by Crippen LogP contribution is -2.35. The van der Waals surface area contributed by atoms with Gasteiger partial charge < -0.3 is 24.8 Å². The highest BCUT2D eigenvalue weighted by Crippen LogP contribution is 2.30. The smallest absolute Gasteiger partial charge is 0.227 e. The summed E-state index contributed by atoms with van der Waals surface area (Å²) in [5.41, 5.74) is 5.20. The van der Waals surface area contributed by atoms with E-state index in [0.717, 1.165) is 73.7 Å². The molecule has 0 radical (unpaired) electrons. The highest BCUT2D eigenvalue weighted by atomic mass is 35.5. The molecule has 6 rings (SSSR count). The third-order valence-electron chi connectivity index (χ3n) is 7.32. The van der Waals surface area contributed by atoms with Gasteiger partial charge in [-0.2, -0.15) is 5.26 Å². The predicted octanol–water partition coefficient (Wildman–Crippen LogP) is 6.60. The van der Waals surface area contributed by atoms with Crippen molar-refractivity contribution in [2.45, 2.75) is 44.6 Å². The van der Waals surface area contributed by atoms with Crippen LogP contribution in [0, 0.1) is 11.3 Å². The Morgan fingerprint density at radius 3 is 2.51 bits per heavy atom. The molecule has 0 atom stereocenters. The number of anilines is 1. The monoisotopic (exact) mass is 599 g/mol. The average molecular weight is 600 g/mol. The molecule has 2 aliphatic rings. The lowest BCUT2D eigenvalue weighted by molar-refractivity contribution is -0.118. The zero-order chi connectivity index (χ0) is 30.6. The summed E-state index contributed by atoms with van der Waals surface area (Å²) in [5, 5.41) is 13.9. The number of aromatic nitrogens is 1. The molecule has 2 aliphatic heterocycles. The average Bonchev–Trinajstić information content (AvgIpc) is 3.43. The molecule has 1 aromatic heterocycles. The van der Waals surface area contributed by atoms with Crippen LogP contribution in [0.2, 0.25) is 5.02 Å². The van der Waals surface area contributed by atoms with E-state index >= 15 is 0 Å². The molecule has 8 heteroatoms. The number of ether oxygens (including phenoxy) is 1. The van der Waals surface area contributed by atoms with Gasteiger partial charge in [0.15, 0.2) is 0 Å². The van der Waals surface area contributed by atoms with E-state index in [2.05, 4.69) is 28.5 Å². The van der Waals surface area contributed by atoms with E-state index in [1.807, 2.05) is 79.6 Å². The summed E-state index contributed by atoms with van der Waals surface area (Å²) in [6.45, 7) is 2.85. The first-order valence-corrected chi connectivity index (χ1v) is 15.3. The summed E-state index contributed by atoms with van der Waals surface area (Å²) in [6.07, 6.45) is 7.70. The number of rotatable bonds is 5. The first-order chi connectivity index (χ1) is 20.8. The molecule has 0 saturated carbocycles. The van der Waals surface area contributed by atoms with E-state index in [0.29, 0.717) is 18.1 Å². The van der Waals surface area contributed by atoms with E-state index in [9.17, 15) is 4.79 Å². The number of nitriles is 1. The van der Waals surface area contributed by atoms with Gasteiger partial charge in [0.25, 0.3) is 0 Å². The maximum Gasteiger partial charge on any atom is 0.227 e. The Morgan fingerprint density at radius 2 is 1.79 bits per heavy atom. The molecule has 3 heterocycles. The number of H-pyrrole nitrogens is 1. The summed E-state index contributed by atoms with van der Waals surface area (Å²) in [4.78, 5) is 20.0. The normalized spacial score (nSPS) is 14.6. The number of fused-ring (bicyclic) bond motifs is 2. The number of hydrogen-bond acceptors (Lipinski definition) is 5. The minimum atomic E-state index is 0.184. The number of aromatic amines is 1. The molecule has 226 valence electrons. The Balaban J connectivity index is 0.000000190. The molecule has 0 aliphatic carbocycles. The molecule has 0 bridgehead atoms. The van der Waals surface area contributed by atoms with Gasteiger partial charge in [-0.3, -0.25) is 4.79 Å². The standard InChI is InChI=1S/C20H19ClN2O.C12H14N2O.C3H9N/c21-16-8-9-19-14(12-16)4-3-11-23(19)20(24)10-7-15-13-22-18-6-2-1-5-17(15)18;13-9-10-1-3-11(4-2-10)15-12-5-7-14-8-6-12;1-4(2)3/h1-2,5-6,8-9,12-13,22H,3-4,7,10-11H2;1-4,12,14H,5-8H2;1-3H3. The lowest BCUT2D eigenvalue weighted by atomic mass is 10.0. The van der Waals surface area contributed by atoms with Crippen molar-refractivity contribution in [3.8, 4) is 11.8 Å². The highest BCUT2D eigenvalue weighted by molar-refractivity contribution is 6.30. The largest absolute Gasteiger partial charge is 0.490 e. The number of benzene rings is 3. The third kappa shape index (κ3) is 9.59. The molecule has 43 heavy (non-hydrogen) atoms. The molecule has 7 nitrogen and oxygen atoms in total. The zero-order valence-corrected chi connectivity index (χ0v) is 26.2. The Labute approximate surface area is 260 Å². The molecule has 1 amide bonds. The van der Waals surface area contributed by atoms with E-state index < -0.39 is 0 Å². The van der Waals surface area contributed by atoms with E-state index in [-0.39, 0.29) is 5.91 Å². The van der Waals surface area contributed by atoms with Crippen molar-refractivity contribution in [1.82, 2.24) is 15.2 Å². The Bertz CT molecular complexity index is 1500. The molecule has 1 saturated heterocycles. The lowest BCUT2D eigenvalue weighted by Gasteiger charge is -2.29. The number of nitrogens with zero attached hydrogens (tertiary/aromatic N) is 3. The fourth-order valence-electron chi connectivity index (χ4n) is 5.25. The second kappa shape index (κ2) is 16.1. The third-order valence-corrected chi connectivity index (χ3v) is 7.55. The number of hydrogen-bond donors (Lipinski definition) is 2. The summed E-state index contributed by atoms with van der Waals surface area (Å²) in [7, 11) is 6.00. The van der Waals surface area contributed by atoms with Crippen LogP contribution >= 0.6 is 11.6 Å². The van der Waals surface area contributed by atoms with Crippen molar-refractivity contribution >= 4 is 34.1 Å². The Morgan fingerprint density at radius 1 is 1.07 bits per heavy atom. The van der Waals surface area contributed by atoms with Crippen LogP contribution in [0.3, 0.4) is 0 Å². The van der Waals surface area contributed by atoms with Crippen molar-refractivity contribution in [3.63, 3.8) is 0 Å². The summed E-state index contributed by atoms with van der Waals surface area (Å²) in [6, 6.07) is 23.4. The van der Waals surface area contributed by atoms with Crippen molar-refractivity contribution < 1.29 is 9.53 Å². The van der Waals surface area contributed by atoms with Gasteiger partial charge in [0, 0.05) is 40.8 Å². The van der Waals surface area contributed by atoms with Crippen LogP contribution in [0.15, 0.2) is 72.9 Å². The number of amides is 1. The fourth-order valence-corrected chi connectivity index (χ4v) is 5.45. The van der Waals surface area contributed by atoms with Crippen LogP contribution in [0.1, 0.15) is 42.4 Å². The molecule has 4 aromatic rings. The number of carbonyl (C=O) groups is 1. The van der Waals surface area contributed by atoms with Gasteiger partial charge >= 0.3 is 0 Å². The van der Waals surface area contributed by atoms with Gasteiger partial charge in [0.05, 0.1) is 11.6 Å². The van der Waals surface area contributed by atoms with Crippen molar-refractivity contribution in [3.05, 3.63) is 94.6 Å². The van der Waals surface area contributed by atoms with E-state index in [1.165, 1.54) is 16.5 Å². The van der Waals surface area contributed by atoms with E-state index in [4.69, 9.17) is 21.6 Å². The van der Waals surface area contributed by atoms with Gasteiger partial charge in [-0.1, -0.05) is 29.8 Å². The number of nitrogens with one attached hydrogen (secondary N) is 2. The number of para-hydroxylation sites is 1. The van der Waals surface area contributed by atoms with Gasteiger partial charge in [-0.15, -0.1) is 0 Å². The van der Waals surface area contributed by atoms with Crippen molar-refractivity contribution in [1.29, 1.82) is 5.26 Å². The minimum absolute atomic E-state index is 0.184. The SMILES string of the molecule is CN(C)C.N#Cc1ccc(OC2CCNCC2)cc1.O=C(CCc1c[nH]c2ccccc12)N1CCCc2cc(Cl)ccc21. The second-order valence-corrected chi connectivity index (χ2v) is 11.8. The van der Waals surface area contributed by atoms with Crippen LogP contribution in [0.4, 0.5) is 5.69 Å². The van der Waals surface area contributed by atoms with Crippen LogP contribution in [-0.2, 0) is 17.6 Å². The molecule has 0 unspecified atom stereocenters. The maximum absolute atomic E-state index is 12.8. The highest BCUT2D eigenvalue weighted by Gasteiger charge is 2.22. The predicted molar refractivity (Wildman–Crippen MR) is 176 cm³/mol. The van der Waals surface area contributed by atoms with Gasteiger partial charge in [0.2, 0.25) is 5.91 Å². The maximum atomic E-state index is 12.8. The Hall–Kier alpha value is -3.83. The molecule has 3 aromatic carbocycles. The number of carbonyl (C=O) groups excluding carboxylic acids is 1. The van der Waals surface area contributed by atoms with Gasteiger partial charge in [-0.25, -0.2) is 0 Å². The summed E-state index contributed by atoms with van der Waals surface area (Å²) >= 11 is 6.08. The van der Waals surface area contributed by atoms with Crippen molar-refractivity contribution in [2.24, 2.45) is 0 Å². The van der Waals surface area contributed by atoms with Crippen LogP contribution in [0.25, 0.3) is 10.9 Å². The quantitative estimate of drug-likeness (QED) is 0.270. The molecular weight excluding hydrogens is 558 g/mol. The zero-order valence-electron chi connectivity index (χ0n) is 25.4. The second-order valence-electron chi connectivity index (χ2n) is 11.3. The number of aryl methyl sites for hydroxylation is 2. The number of halogens is 1. The first kappa shape index (κ1) is 32.1. The Kier molecular flexibility index (Phi) is 12.0. The molecular formula is C35H42ClN5O2.